The van der Waals surface area contributed by atoms with E-state index in [0.29, 0.717) is 11.1 Å². The maximum atomic E-state index is 13.7. The Kier molecular flexibility index (Phi) is 5.59. The predicted molar refractivity (Wildman–Crippen MR) is 125 cm³/mol. The third-order valence-corrected chi connectivity index (χ3v) is 5.89. The van der Waals surface area contributed by atoms with Crippen molar-refractivity contribution in [3.63, 3.8) is 0 Å². The summed E-state index contributed by atoms with van der Waals surface area (Å²) in [5, 5.41) is 0. The lowest BCUT2D eigenvalue weighted by molar-refractivity contribution is -0.153. The van der Waals surface area contributed by atoms with E-state index in [0.717, 1.165) is 16.7 Å². The Bertz CT molecular complexity index is 1250. The summed E-state index contributed by atoms with van der Waals surface area (Å²) in [5.74, 6) is -1.09. The summed E-state index contributed by atoms with van der Waals surface area (Å²) < 4.78 is 11.6. The zero-order valence-electron chi connectivity index (χ0n) is 17.9. The van der Waals surface area contributed by atoms with E-state index >= 15 is 0 Å². The normalized spacial score (nSPS) is 19.9. The number of rotatable bonds is 6. The van der Waals surface area contributed by atoms with Crippen LogP contribution >= 0.6 is 0 Å². The highest BCUT2D eigenvalue weighted by molar-refractivity contribution is 6.13. The Morgan fingerprint density at radius 3 is 1.79 bits per heavy atom. The van der Waals surface area contributed by atoms with Crippen molar-refractivity contribution in [2.75, 3.05) is 0 Å². The average Bonchev–Trinajstić information content (AvgIpc) is 3.14. The van der Waals surface area contributed by atoms with Crippen molar-refractivity contribution in [1.82, 2.24) is 0 Å². The van der Waals surface area contributed by atoms with Gasteiger partial charge in [0, 0.05) is 11.1 Å². The molecule has 4 aromatic carbocycles. The van der Waals surface area contributed by atoms with E-state index in [1.54, 1.807) is 12.1 Å². The molecule has 4 aromatic rings. The molecule has 1 aliphatic heterocycles. The summed E-state index contributed by atoms with van der Waals surface area (Å²) in [6.45, 7) is 0.143. The average molecular weight is 434 g/mol. The molecule has 4 heteroatoms. The van der Waals surface area contributed by atoms with Gasteiger partial charge in [-0.25, -0.2) is 4.79 Å². The molecule has 1 saturated heterocycles. The third-order valence-electron chi connectivity index (χ3n) is 5.89. The number of carbonyl (C=O) groups excluding carboxylic acids is 2. The van der Waals surface area contributed by atoms with Crippen LogP contribution in [-0.2, 0) is 31.3 Å². The van der Waals surface area contributed by atoms with Crippen molar-refractivity contribution in [1.29, 1.82) is 0 Å². The molecule has 2 unspecified atom stereocenters. The van der Waals surface area contributed by atoms with Gasteiger partial charge in [-0.05, 0) is 16.7 Å². The highest BCUT2D eigenvalue weighted by atomic mass is 16.6. The molecule has 1 aliphatic rings. The van der Waals surface area contributed by atoms with E-state index in [1.165, 1.54) is 0 Å². The maximum absolute atomic E-state index is 13.7. The number of hydrogen-bond acceptors (Lipinski definition) is 4. The van der Waals surface area contributed by atoms with Crippen molar-refractivity contribution >= 4 is 11.8 Å². The van der Waals surface area contributed by atoms with Gasteiger partial charge in [-0.3, -0.25) is 4.79 Å². The van der Waals surface area contributed by atoms with E-state index in [4.69, 9.17) is 9.47 Å². The van der Waals surface area contributed by atoms with Gasteiger partial charge in [-0.15, -0.1) is 0 Å². The molecular formula is C29H22O4. The van der Waals surface area contributed by atoms with Gasteiger partial charge in [-0.2, -0.15) is 0 Å². The molecule has 5 rings (SSSR count). The van der Waals surface area contributed by atoms with Crippen molar-refractivity contribution < 1.29 is 19.1 Å². The summed E-state index contributed by atoms with van der Waals surface area (Å²) in [4.78, 5) is 26.6. The van der Waals surface area contributed by atoms with Gasteiger partial charge in [0.1, 0.15) is 0 Å². The number of cyclic esters (lactones) is 1. The Morgan fingerprint density at radius 1 is 0.636 bits per heavy atom. The molecule has 0 N–H and O–H groups in total. The number of ketones is 1. The fraction of sp³-hybridized carbons (Fsp3) is 0.103. The molecule has 33 heavy (non-hydrogen) atoms. The second-order valence-electron chi connectivity index (χ2n) is 7.95. The molecule has 0 spiro atoms. The molecule has 4 nitrogen and oxygen atoms in total. The molecular weight excluding hydrogens is 412 g/mol. The van der Waals surface area contributed by atoms with Gasteiger partial charge in [-0.1, -0.05) is 115 Å². The van der Waals surface area contributed by atoms with E-state index < -0.39 is 23.5 Å². The summed E-state index contributed by atoms with van der Waals surface area (Å²) >= 11 is 0. The fourth-order valence-corrected chi connectivity index (χ4v) is 4.21. The van der Waals surface area contributed by atoms with E-state index in [1.807, 2.05) is 103 Å². The predicted octanol–water partition coefficient (Wildman–Crippen LogP) is 5.31. The maximum Gasteiger partial charge on any atom is 0.344 e. The first-order chi connectivity index (χ1) is 16.2. The summed E-state index contributed by atoms with van der Waals surface area (Å²) in [6, 6.07) is 36.1. The van der Waals surface area contributed by atoms with Gasteiger partial charge in [0.15, 0.2) is 0 Å². The molecule has 0 amide bonds. The van der Waals surface area contributed by atoms with Crippen LogP contribution in [0.1, 0.15) is 16.7 Å². The summed E-state index contributed by atoms with van der Waals surface area (Å²) in [5.41, 5.74) is 2.60. The molecule has 0 bridgehead atoms. The number of ether oxygens (including phenoxy) is 2. The molecule has 0 aromatic heterocycles. The topological polar surface area (TPSA) is 52.6 Å². The van der Waals surface area contributed by atoms with E-state index in [9.17, 15) is 9.59 Å². The summed E-state index contributed by atoms with van der Waals surface area (Å²) in [7, 11) is 0. The van der Waals surface area contributed by atoms with E-state index in [-0.39, 0.29) is 6.61 Å². The van der Waals surface area contributed by atoms with Gasteiger partial charge in [0.25, 0.3) is 0 Å². The minimum absolute atomic E-state index is 0.143. The van der Waals surface area contributed by atoms with Crippen LogP contribution < -0.4 is 0 Å². The molecule has 162 valence electrons. The van der Waals surface area contributed by atoms with Crippen LogP contribution in [0.4, 0.5) is 0 Å². The number of Topliss-reactive ketones (excluding diaryl/α,β-unsaturated/α-hetero) is 1. The van der Waals surface area contributed by atoms with Gasteiger partial charge in [0.05, 0.1) is 6.61 Å². The SMILES string of the molecule is O=C1OC(c2ccccc2)(c2ccc(-c3ccccc3)cc2)C(=O)C1OCc1ccccc1. The van der Waals surface area contributed by atoms with Crippen LogP contribution in [-0.4, -0.2) is 17.9 Å². The second-order valence-corrected chi connectivity index (χ2v) is 7.95. The first kappa shape index (κ1) is 20.9. The lowest BCUT2D eigenvalue weighted by Gasteiger charge is -2.27. The number of esters is 1. The standard InChI is InChI=1S/C29H22O4/c30-27-26(32-20-21-10-4-1-5-11-21)28(31)33-29(27,24-14-8-3-9-15-24)25-18-16-23(17-19-25)22-12-6-2-7-13-22/h1-19,26H,20H2. The zero-order valence-corrected chi connectivity index (χ0v) is 17.9. The van der Waals surface area contributed by atoms with Gasteiger partial charge in [0.2, 0.25) is 17.5 Å². The fourth-order valence-electron chi connectivity index (χ4n) is 4.21. The second kappa shape index (κ2) is 8.85. The van der Waals surface area contributed by atoms with Crippen molar-refractivity contribution in [3.05, 3.63) is 132 Å². The van der Waals surface area contributed by atoms with E-state index in [2.05, 4.69) is 0 Å². The largest absolute Gasteiger partial charge is 0.439 e. The highest BCUT2D eigenvalue weighted by Gasteiger charge is 2.58. The van der Waals surface area contributed by atoms with Crippen molar-refractivity contribution in [3.8, 4) is 11.1 Å². The monoisotopic (exact) mass is 434 g/mol. The van der Waals surface area contributed by atoms with Crippen LogP contribution in [0.25, 0.3) is 11.1 Å². The minimum atomic E-state index is -1.55. The smallest absolute Gasteiger partial charge is 0.344 e. The van der Waals surface area contributed by atoms with Gasteiger partial charge < -0.3 is 9.47 Å². The molecule has 0 radical (unpaired) electrons. The molecule has 2 atom stereocenters. The third kappa shape index (κ3) is 3.86. The molecule has 1 heterocycles. The Balaban J connectivity index is 1.51. The van der Waals surface area contributed by atoms with Crippen molar-refractivity contribution in [2.45, 2.75) is 18.3 Å². The van der Waals surface area contributed by atoms with Crippen LogP contribution in [0.2, 0.25) is 0 Å². The van der Waals surface area contributed by atoms with Crippen LogP contribution in [0.15, 0.2) is 115 Å². The van der Waals surface area contributed by atoms with Crippen LogP contribution in [0, 0.1) is 0 Å². The first-order valence-corrected chi connectivity index (χ1v) is 10.8. The molecule has 1 fully saturated rings. The van der Waals surface area contributed by atoms with Crippen LogP contribution in [0.5, 0.6) is 0 Å². The molecule has 0 saturated carbocycles. The quantitative estimate of drug-likeness (QED) is 0.305. The Morgan fingerprint density at radius 2 is 1.15 bits per heavy atom. The number of hydrogen-bond donors (Lipinski definition) is 0. The molecule has 0 aliphatic carbocycles. The summed E-state index contributed by atoms with van der Waals surface area (Å²) in [6.07, 6.45) is -1.29. The Labute approximate surface area is 192 Å². The van der Waals surface area contributed by atoms with Crippen LogP contribution in [0.3, 0.4) is 0 Å². The van der Waals surface area contributed by atoms with Crippen molar-refractivity contribution in [2.24, 2.45) is 0 Å². The lowest BCUT2D eigenvalue weighted by atomic mass is 9.82. The minimum Gasteiger partial charge on any atom is -0.439 e. The Hall–Kier alpha value is -4.02. The van der Waals surface area contributed by atoms with Gasteiger partial charge >= 0.3 is 5.97 Å². The highest BCUT2D eigenvalue weighted by Crippen LogP contribution is 2.42. The first-order valence-electron chi connectivity index (χ1n) is 10.8. The number of benzene rings is 4. The lowest BCUT2D eigenvalue weighted by Crippen LogP contribution is -2.38. The zero-order chi connectivity index (χ0) is 22.7. The number of carbonyl (C=O) groups is 2.